The number of nitrogens with zero attached hydrogens (tertiary/aromatic N) is 3. The maximum absolute atomic E-state index is 12.5. The molecule has 0 bridgehead atoms. The average Bonchev–Trinajstić information content (AvgIpc) is 3.08. The molecule has 13 nitrogen and oxygen atoms in total. The summed E-state index contributed by atoms with van der Waals surface area (Å²) in [6, 6.07) is -3.19. The molecule has 17 heteroatoms. The fourth-order valence-electron chi connectivity index (χ4n) is 2.40. The van der Waals surface area contributed by atoms with E-state index < -0.39 is 57.0 Å². The van der Waals surface area contributed by atoms with Gasteiger partial charge in [-0.05, 0) is 6.92 Å². The van der Waals surface area contributed by atoms with Gasteiger partial charge < -0.3 is 15.9 Å². The van der Waals surface area contributed by atoms with Crippen molar-refractivity contribution in [3.8, 4) is 0 Å². The summed E-state index contributed by atoms with van der Waals surface area (Å²) in [5.41, 5.74) is 4.57. The third-order valence-corrected chi connectivity index (χ3v) is 6.00. The van der Waals surface area contributed by atoms with Crippen molar-refractivity contribution >= 4 is 92.0 Å². The molecule has 2 heterocycles. The van der Waals surface area contributed by atoms with E-state index in [9.17, 15) is 27.6 Å². The number of oxime groups is 1. The van der Waals surface area contributed by atoms with Gasteiger partial charge in [0, 0.05) is 5.38 Å². The standard InChI is InChI=1S/C13H14ClN5O8S2.Na.H/c1-4(20)9-8(13(23)19(9)29(24,25)26)17-11(22)7(18-27-2)5-3-28-12(16-5)6(14)10(15)21;;/h3,6,8-9H,1-2H3,(H2,15,21)(H,17,22)(H,24,25,26);;/b18-7-;;. The number of hydrogen-bond acceptors (Lipinski definition) is 10. The van der Waals surface area contributed by atoms with Crippen LogP contribution >= 0.6 is 22.9 Å². The number of hydrogen-bond donors (Lipinski definition) is 3. The molecule has 0 aromatic carbocycles. The number of carbonyl (C=O) groups is 4. The van der Waals surface area contributed by atoms with Crippen LogP contribution in [0.1, 0.15) is 23.0 Å². The molecule has 160 valence electrons. The summed E-state index contributed by atoms with van der Waals surface area (Å²) in [4.78, 5) is 55.9. The van der Waals surface area contributed by atoms with Crippen molar-refractivity contribution in [1.82, 2.24) is 14.6 Å². The van der Waals surface area contributed by atoms with Gasteiger partial charge in [0.2, 0.25) is 5.91 Å². The number of nitrogens with two attached hydrogens (primary N) is 1. The van der Waals surface area contributed by atoms with Crippen molar-refractivity contribution in [2.75, 3.05) is 7.11 Å². The third kappa shape index (κ3) is 5.35. The maximum atomic E-state index is 12.5. The van der Waals surface area contributed by atoms with Crippen LogP contribution in [0.2, 0.25) is 0 Å². The first-order valence-corrected chi connectivity index (χ1v) is 10.2. The zero-order valence-corrected chi connectivity index (χ0v) is 17.1. The summed E-state index contributed by atoms with van der Waals surface area (Å²) in [7, 11) is -3.86. The zero-order valence-electron chi connectivity index (χ0n) is 14.7. The van der Waals surface area contributed by atoms with Crippen LogP contribution in [0.3, 0.4) is 0 Å². The predicted molar refractivity (Wildman–Crippen MR) is 105 cm³/mol. The van der Waals surface area contributed by atoms with Gasteiger partial charge in [-0.3, -0.25) is 23.7 Å². The molecule has 30 heavy (non-hydrogen) atoms. The molecule has 3 unspecified atom stereocenters. The molecule has 1 aromatic rings. The van der Waals surface area contributed by atoms with Gasteiger partial charge in [-0.2, -0.15) is 8.42 Å². The van der Waals surface area contributed by atoms with Gasteiger partial charge in [0.15, 0.2) is 16.9 Å². The first-order valence-electron chi connectivity index (χ1n) is 7.52. The van der Waals surface area contributed by atoms with Gasteiger partial charge in [-0.25, -0.2) is 9.29 Å². The average molecular weight is 492 g/mol. The number of carbonyl (C=O) groups excluding carboxylic acids is 4. The quantitative estimate of drug-likeness (QED) is 0.0892. The molecule has 3 amide bonds. The number of rotatable bonds is 8. The molecule has 1 aliphatic heterocycles. The Bertz CT molecular complexity index is 1010. The summed E-state index contributed by atoms with van der Waals surface area (Å²) in [5, 5.41) is 5.79. The fourth-order valence-corrected chi connectivity index (χ4v) is 4.28. The summed E-state index contributed by atoms with van der Waals surface area (Å²) >= 11 is 6.70. The molecule has 1 aromatic heterocycles. The number of primary amides is 1. The van der Waals surface area contributed by atoms with Crippen LogP contribution in [0.5, 0.6) is 0 Å². The van der Waals surface area contributed by atoms with Gasteiger partial charge in [-0.15, -0.1) is 22.9 Å². The van der Waals surface area contributed by atoms with Crippen molar-refractivity contribution in [3.05, 3.63) is 16.1 Å². The van der Waals surface area contributed by atoms with E-state index in [2.05, 4.69) is 20.3 Å². The fraction of sp³-hybridized carbons (Fsp3) is 0.385. The van der Waals surface area contributed by atoms with Crippen LogP contribution in [0.25, 0.3) is 0 Å². The monoisotopic (exact) mass is 491 g/mol. The third-order valence-electron chi connectivity index (χ3n) is 3.63. The van der Waals surface area contributed by atoms with Gasteiger partial charge >= 0.3 is 39.9 Å². The van der Waals surface area contributed by atoms with Crippen LogP contribution in [-0.2, 0) is 34.3 Å². The number of aromatic nitrogens is 1. The second-order valence-electron chi connectivity index (χ2n) is 5.58. The van der Waals surface area contributed by atoms with Crippen molar-refractivity contribution in [1.29, 1.82) is 0 Å². The molecular formula is C13H15ClN5NaO8S2. The Kier molecular flexibility index (Phi) is 8.92. The molecule has 1 saturated heterocycles. The number of β-lactam (4-membered cyclic amide) rings is 1. The Balaban J connectivity index is 0.00000450. The van der Waals surface area contributed by atoms with Crippen molar-refractivity contribution < 1.29 is 37.0 Å². The van der Waals surface area contributed by atoms with Crippen molar-refractivity contribution in [2.24, 2.45) is 10.9 Å². The van der Waals surface area contributed by atoms with Crippen LogP contribution in [0, 0.1) is 0 Å². The Hall–Kier alpha value is -1.62. The summed E-state index contributed by atoms with van der Waals surface area (Å²) in [6.07, 6.45) is 0. The van der Waals surface area contributed by atoms with Gasteiger partial charge in [-0.1, -0.05) is 5.16 Å². The van der Waals surface area contributed by atoms with E-state index in [1.54, 1.807) is 0 Å². The Morgan fingerprint density at radius 1 is 1.47 bits per heavy atom. The summed E-state index contributed by atoms with van der Waals surface area (Å²) in [6.45, 7) is 0.982. The second kappa shape index (κ2) is 10.1. The SMILES string of the molecule is CO/N=C(\C(=O)NC1C(=O)N(S(=O)(=O)O)C1C(C)=O)c1csc(C(Cl)C(N)=O)n1.[NaH]. The number of thiazole rings is 1. The van der Waals surface area contributed by atoms with Gasteiger partial charge in [0.25, 0.3) is 11.8 Å². The van der Waals surface area contributed by atoms with E-state index in [0.717, 1.165) is 25.4 Å². The minimum absolute atomic E-state index is 0. The van der Waals surface area contributed by atoms with Crippen LogP contribution < -0.4 is 11.1 Å². The number of nitrogens with one attached hydrogen (secondary N) is 1. The Morgan fingerprint density at radius 2 is 2.07 bits per heavy atom. The molecule has 1 aliphatic rings. The first-order chi connectivity index (χ1) is 13.4. The van der Waals surface area contributed by atoms with E-state index in [1.807, 2.05) is 0 Å². The van der Waals surface area contributed by atoms with Crippen molar-refractivity contribution in [2.45, 2.75) is 24.4 Å². The number of alkyl halides is 1. The van der Waals surface area contributed by atoms with E-state index in [0.29, 0.717) is 0 Å². The molecule has 0 saturated carbocycles. The molecular weight excluding hydrogens is 477 g/mol. The van der Waals surface area contributed by atoms with Gasteiger partial charge in [0.05, 0.1) is 0 Å². The molecule has 2 rings (SSSR count). The topological polar surface area (TPSA) is 198 Å². The first kappa shape index (κ1) is 26.4. The number of Topliss-reactive ketones (excluding diaryl/α,β-unsaturated/α-hetero) is 1. The zero-order chi connectivity index (χ0) is 22.1. The number of halogens is 1. The Morgan fingerprint density at radius 3 is 2.53 bits per heavy atom. The van der Waals surface area contributed by atoms with E-state index in [-0.39, 0.29) is 44.6 Å². The van der Waals surface area contributed by atoms with Crippen LogP contribution in [0.15, 0.2) is 10.5 Å². The van der Waals surface area contributed by atoms with Crippen LogP contribution in [-0.4, -0.2) is 100 Å². The minimum atomic E-state index is -4.99. The molecule has 0 radical (unpaired) electrons. The van der Waals surface area contributed by atoms with E-state index in [4.69, 9.17) is 21.9 Å². The summed E-state index contributed by atoms with van der Waals surface area (Å²) in [5.74, 6) is -3.91. The summed E-state index contributed by atoms with van der Waals surface area (Å²) < 4.78 is 31.5. The van der Waals surface area contributed by atoms with Gasteiger partial charge in [0.1, 0.15) is 29.9 Å². The second-order valence-corrected chi connectivity index (χ2v) is 8.19. The molecule has 1 fully saturated rings. The van der Waals surface area contributed by atoms with E-state index >= 15 is 0 Å². The molecule has 0 spiro atoms. The van der Waals surface area contributed by atoms with Crippen LogP contribution in [0.4, 0.5) is 0 Å². The predicted octanol–water partition coefficient (Wildman–Crippen LogP) is -2.30. The van der Waals surface area contributed by atoms with Crippen molar-refractivity contribution in [3.63, 3.8) is 0 Å². The number of ketones is 1. The Labute approximate surface area is 201 Å². The molecule has 3 atom stereocenters. The molecule has 4 N–H and O–H groups in total. The number of amides is 3. The van der Waals surface area contributed by atoms with E-state index in [1.165, 1.54) is 5.38 Å². The normalized spacial score (nSPS) is 19.9. The molecule has 0 aliphatic carbocycles.